The summed E-state index contributed by atoms with van der Waals surface area (Å²) < 4.78 is 34.0. The number of nitrogens with one attached hydrogen (secondary N) is 1. The van der Waals surface area contributed by atoms with Crippen LogP contribution in [0.15, 0.2) is 77.7 Å². The molecule has 0 heterocycles. The standard InChI is InChI=1S/C29H33Cl2N3O5S/c1-4-14-32-29(36)27(5-2)33(19-21-10-9-11-25(15-21)39-3)28(35)20-34(24-17-22(30)16-23(31)18-24)40(37,38)26-12-7-6-8-13-26/h6-13,15-18,27H,4-5,14,19-20H2,1-3H3,(H,32,36)/t27-/m0/s1. The van der Waals surface area contributed by atoms with E-state index in [-0.39, 0.29) is 33.1 Å². The van der Waals surface area contributed by atoms with Crippen LogP contribution in [0.4, 0.5) is 5.69 Å². The fourth-order valence-corrected chi connectivity index (χ4v) is 6.12. The van der Waals surface area contributed by atoms with Gasteiger partial charge in [-0.05, 0) is 60.9 Å². The van der Waals surface area contributed by atoms with Gasteiger partial charge >= 0.3 is 0 Å². The summed E-state index contributed by atoms with van der Waals surface area (Å²) in [4.78, 5) is 28.6. The van der Waals surface area contributed by atoms with Gasteiger partial charge in [-0.3, -0.25) is 13.9 Å². The minimum atomic E-state index is -4.22. The Morgan fingerprint density at radius 2 is 1.62 bits per heavy atom. The maximum Gasteiger partial charge on any atom is 0.264 e. The molecule has 214 valence electrons. The Balaban J connectivity index is 2.08. The van der Waals surface area contributed by atoms with E-state index in [0.29, 0.717) is 18.7 Å². The molecule has 0 unspecified atom stereocenters. The van der Waals surface area contributed by atoms with Crippen molar-refractivity contribution in [3.8, 4) is 5.75 Å². The largest absolute Gasteiger partial charge is 0.497 e. The molecule has 1 N–H and O–H groups in total. The summed E-state index contributed by atoms with van der Waals surface area (Å²) in [6.45, 7) is 3.66. The number of rotatable bonds is 13. The molecule has 0 aliphatic rings. The molecule has 11 heteroatoms. The van der Waals surface area contributed by atoms with Gasteiger partial charge in [0, 0.05) is 23.1 Å². The zero-order valence-electron chi connectivity index (χ0n) is 22.6. The lowest BCUT2D eigenvalue weighted by molar-refractivity contribution is -0.140. The average Bonchev–Trinajstić information content (AvgIpc) is 2.94. The number of carbonyl (C=O) groups excluding carboxylic acids is 2. The zero-order valence-corrected chi connectivity index (χ0v) is 25.0. The Morgan fingerprint density at radius 3 is 2.23 bits per heavy atom. The van der Waals surface area contributed by atoms with Crippen molar-refractivity contribution in [1.29, 1.82) is 0 Å². The van der Waals surface area contributed by atoms with E-state index < -0.39 is 28.5 Å². The molecule has 3 aromatic rings. The summed E-state index contributed by atoms with van der Waals surface area (Å²) in [5.74, 6) is -0.295. The van der Waals surface area contributed by atoms with E-state index in [1.54, 1.807) is 43.3 Å². The lowest BCUT2D eigenvalue weighted by Gasteiger charge is -2.33. The van der Waals surface area contributed by atoms with Gasteiger partial charge in [-0.15, -0.1) is 0 Å². The van der Waals surface area contributed by atoms with Crippen LogP contribution < -0.4 is 14.4 Å². The highest BCUT2D eigenvalue weighted by molar-refractivity contribution is 7.92. The number of carbonyl (C=O) groups is 2. The molecular formula is C29H33Cl2N3O5S. The number of hydrogen-bond donors (Lipinski definition) is 1. The van der Waals surface area contributed by atoms with Crippen molar-refractivity contribution in [3.63, 3.8) is 0 Å². The van der Waals surface area contributed by atoms with E-state index in [2.05, 4.69) is 5.32 Å². The molecule has 8 nitrogen and oxygen atoms in total. The first kappa shape index (κ1) is 31.3. The number of benzene rings is 3. The minimum Gasteiger partial charge on any atom is -0.497 e. The maximum atomic E-state index is 14.1. The third-order valence-corrected chi connectivity index (χ3v) is 8.39. The van der Waals surface area contributed by atoms with Gasteiger partial charge in [-0.25, -0.2) is 8.42 Å². The summed E-state index contributed by atoms with van der Waals surface area (Å²) >= 11 is 12.4. The Morgan fingerprint density at radius 1 is 0.950 bits per heavy atom. The van der Waals surface area contributed by atoms with E-state index in [4.69, 9.17) is 27.9 Å². The van der Waals surface area contributed by atoms with Gasteiger partial charge in [-0.1, -0.05) is 67.4 Å². The van der Waals surface area contributed by atoms with Gasteiger partial charge in [-0.2, -0.15) is 0 Å². The van der Waals surface area contributed by atoms with Crippen molar-refractivity contribution in [2.75, 3.05) is 24.5 Å². The number of hydrogen-bond acceptors (Lipinski definition) is 5. The molecule has 0 bridgehead atoms. The van der Waals surface area contributed by atoms with Crippen LogP contribution >= 0.6 is 23.2 Å². The zero-order chi connectivity index (χ0) is 29.3. The molecule has 2 amide bonds. The number of amides is 2. The van der Waals surface area contributed by atoms with Gasteiger partial charge in [0.1, 0.15) is 18.3 Å². The van der Waals surface area contributed by atoms with Crippen LogP contribution in [-0.2, 0) is 26.2 Å². The molecule has 3 rings (SSSR count). The highest BCUT2D eigenvalue weighted by Gasteiger charge is 2.33. The van der Waals surface area contributed by atoms with Gasteiger partial charge < -0.3 is 15.0 Å². The Labute approximate surface area is 245 Å². The third kappa shape index (κ3) is 7.90. The molecule has 0 radical (unpaired) electrons. The molecule has 40 heavy (non-hydrogen) atoms. The highest BCUT2D eigenvalue weighted by atomic mass is 35.5. The van der Waals surface area contributed by atoms with Gasteiger partial charge in [0.15, 0.2) is 0 Å². The van der Waals surface area contributed by atoms with E-state index in [0.717, 1.165) is 16.3 Å². The number of methoxy groups -OCH3 is 1. The molecule has 0 fully saturated rings. The Bertz CT molecular complexity index is 1400. The van der Waals surface area contributed by atoms with Crippen molar-refractivity contribution < 1.29 is 22.7 Å². The van der Waals surface area contributed by atoms with Crippen molar-refractivity contribution in [2.45, 2.75) is 44.2 Å². The summed E-state index contributed by atoms with van der Waals surface area (Å²) in [7, 11) is -2.68. The lowest BCUT2D eigenvalue weighted by atomic mass is 10.1. The van der Waals surface area contributed by atoms with Crippen LogP contribution in [0.25, 0.3) is 0 Å². The molecule has 3 aromatic carbocycles. The fourth-order valence-electron chi connectivity index (χ4n) is 4.18. The van der Waals surface area contributed by atoms with Crippen LogP contribution in [0.5, 0.6) is 5.75 Å². The second kappa shape index (κ2) is 14.4. The summed E-state index contributed by atoms with van der Waals surface area (Å²) in [5.41, 5.74) is 0.845. The van der Waals surface area contributed by atoms with Crippen molar-refractivity contribution >= 4 is 50.7 Å². The first-order valence-electron chi connectivity index (χ1n) is 12.8. The molecule has 0 aliphatic carbocycles. The first-order valence-corrected chi connectivity index (χ1v) is 15.0. The van der Waals surface area contributed by atoms with Crippen LogP contribution in [-0.4, -0.2) is 51.4 Å². The molecule has 1 atom stereocenters. The smallest absolute Gasteiger partial charge is 0.264 e. The molecule has 0 aliphatic heterocycles. The predicted molar refractivity (Wildman–Crippen MR) is 158 cm³/mol. The van der Waals surface area contributed by atoms with Crippen LogP contribution in [0.2, 0.25) is 10.0 Å². The van der Waals surface area contributed by atoms with Crippen molar-refractivity contribution in [3.05, 3.63) is 88.4 Å². The number of nitrogens with zero attached hydrogens (tertiary/aromatic N) is 2. The van der Waals surface area contributed by atoms with Gasteiger partial charge in [0.2, 0.25) is 11.8 Å². The van der Waals surface area contributed by atoms with E-state index >= 15 is 0 Å². The summed E-state index contributed by atoms with van der Waals surface area (Å²) in [5, 5.41) is 3.28. The fraction of sp³-hybridized carbons (Fsp3) is 0.310. The van der Waals surface area contributed by atoms with Gasteiger partial charge in [0.05, 0.1) is 17.7 Å². The maximum absolute atomic E-state index is 14.1. The molecule has 0 aromatic heterocycles. The summed E-state index contributed by atoms with van der Waals surface area (Å²) in [6.07, 6.45) is 1.05. The van der Waals surface area contributed by atoms with E-state index in [9.17, 15) is 18.0 Å². The number of sulfonamides is 1. The Hall–Kier alpha value is -3.27. The molecule has 0 saturated heterocycles. The van der Waals surface area contributed by atoms with Crippen molar-refractivity contribution in [1.82, 2.24) is 10.2 Å². The first-order chi connectivity index (χ1) is 19.1. The van der Waals surface area contributed by atoms with Crippen LogP contribution in [0.1, 0.15) is 32.3 Å². The van der Waals surface area contributed by atoms with E-state index in [1.807, 2.05) is 13.0 Å². The van der Waals surface area contributed by atoms with Crippen LogP contribution in [0, 0.1) is 0 Å². The number of ether oxygens (including phenoxy) is 1. The monoisotopic (exact) mass is 605 g/mol. The normalized spacial score (nSPS) is 11.9. The SMILES string of the molecule is CCCNC(=O)[C@H](CC)N(Cc1cccc(OC)c1)C(=O)CN(c1cc(Cl)cc(Cl)c1)S(=O)(=O)c1ccccc1. The third-order valence-electron chi connectivity index (χ3n) is 6.17. The second-order valence-electron chi connectivity index (χ2n) is 9.04. The summed E-state index contributed by atoms with van der Waals surface area (Å²) in [6, 6.07) is 18.4. The molecule has 0 spiro atoms. The Kier molecular flexibility index (Phi) is 11.2. The van der Waals surface area contributed by atoms with Crippen LogP contribution in [0.3, 0.4) is 0 Å². The number of halogens is 2. The quantitative estimate of drug-likeness (QED) is 0.276. The topological polar surface area (TPSA) is 96.0 Å². The van der Waals surface area contributed by atoms with Gasteiger partial charge in [0.25, 0.3) is 10.0 Å². The van der Waals surface area contributed by atoms with Crippen molar-refractivity contribution in [2.24, 2.45) is 0 Å². The molecular weight excluding hydrogens is 573 g/mol. The minimum absolute atomic E-state index is 0.00836. The highest BCUT2D eigenvalue weighted by Crippen LogP contribution is 2.30. The lowest BCUT2D eigenvalue weighted by Crippen LogP contribution is -2.52. The van der Waals surface area contributed by atoms with E-state index in [1.165, 1.54) is 42.3 Å². The number of anilines is 1. The molecule has 0 saturated carbocycles. The average molecular weight is 607 g/mol. The predicted octanol–water partition coefficient (Wildman–Crippen LogP) is 5.53. The second-order valence-corrected chi connectivity index (χ2v) is 11.8.